The van der Waals surface area contributed by atoms with E-state index in [1.54, 1.807) is 32.6 Å². The molecule has 1 amide bonds. The molecule has 11 heteroatoms. The van der Waals surface area contributed by atoms with Crippen molar-refractivity contribution < 1.29 is 37.0 Å². The third kappa shape index (κ3) is 6.58. The Labute approximate surface area is 177 Å². The molecule has 0 aliphatic carbocycles. The smallest absolute Gasteiger partial charge is 0.462 e. The summed E-state index contributed by atoms with van der Waals surface area (Å²) in [5.41, 5.74) is -0.822. The number of esters is 1. The maximum atomic E-state index is 13.0. The summed E-state index contributed by atoms with van der Waals surface area (Å²) in [7, 11) is 0. The van der Waals surface area contributed by atoms with E-state index >= 15 is 0 Å². The summed E-state index contributed by atoms with van der Waals surface area (Å²) in [6.45, 7) is 7.70. The fourth-order valence-electron chi connectivity index (χ4n) is 2.85. The highest BCUT2D eigenvalue weighted by molar-refractivity contribution is 6.34. The van der Waals surface area contributed by atoms with Crippen LogP contribution in [0.5, 0.6) is 5.75 Å². The zero-order valence-electron chi connectivity index (χ0n) is 17.1. The van der Waals surface area contributed by atoms with Gasteiger partial charge in [-0.2, -0.15) is 0 Å². The fraction of sp³-hybridized carbons (Fsp3) is 0.579. The van der Waals surface area contributed by atoms with Crippen LogP contribution in [-0.4, -0.2) is 61.7 Å². The summed E-state index contributed by atoms with van der Waals surface area (Å²) in [5.74, 6) is -1.42. The Balaban J connectivity index is 2.26. The van der Waals surface area contributed by atoms with Crippen LogP contribution in [0.1, 0.15) is 38.1 Å². The van der Waals surface area contributed by atoms with Crippen LogP contribution in [0.3, 0.4) is 0 Å². The van der Waals surface area contributed by atoms with Crippen molar-refractivity contribution in [1.29, 1.82) is 0 Å². The first-order chi connectivity index (χ1) is 13.8. The molecule has 2 rings (SSSR count). The summed E-state index contributed by atoms with van der Waals surface area (Å²) in [6.07, 6.45) is -5.48. The number of hydrogen-bond acceptors (Lipinski definition) is 6. The molecule has 0 N–H and O–H groups in total. The van der Waals surface area contributed by atoms with E-state index in [-0.39, 0.29) is 49.1 Å². The average molecular weight is 453 g/mol. The number of nitrogens with zero attached hydrogens (tertiary/aromatic N) is 2. The van der Waals surface area contributed by atoms with E-state index in [0.717, 1.165) is 6.07 Å². The van der Waals surface area contributed by atoms with Gasteiger partial charge in [0.25, 0.3) is 0 Å². The van der Waals surface area contributed by atoms with Crippen LogP contribution in [0.4, 0.5) is 23.7 Å². The Morgan fingerprint density at radius 2 is 1.70 bits per heavy atom. The van der Waals surface area contributed by atoms with Crippen LogP contribution in [0.15, 0.2) is 12.1 Å². The second kappa shape index (κ2) is 9.20. The van der Waals surface area contributed by atoms with Gasteiger partial charge >= 0.3 is 18.4 Å². The molecule has 1 fully saturated rings. The van der Waals surface area contributed by atoms with Crippen LogP contribution in [0.2, 0.25) is 5.02 Å². The van der Waals surface area contributed by atoms with Crippen LogP contribution in [-0.2, 0) is 9.47 Å². The van der Waals surface area contributed by atoms with Gasteiger partial charge in [-0.05, 0) is 39.8 Å². The quantitative estimate of drug-likeness (QED) is 0.628. The second-order valence-electron chi connectivity index (χ2n) is 7.53. The van der Waals surface area contributed by atoms with Crippen molar-refractivity contribution in [1.82, 2.24) is 4.90 Å². The van der Waals surface area contributed by atoms with Crippen molar-refractivity contribution >= 4 is 29.4 Å². The molecular formula is C19H24ClF3N2O5. The first kappa shape index (κ1) is 23.9. The second-order valence-corrected chi connectivity index (χ2v) is 7.93. The van der Waals surface area contributed by atoms with Gasteiger partial charge in [-0.1, -0.05) is 11.6 Å². The van der Waals surface area contributed by atoms with Gasteiger partial charge in [-0.3, -0.25) is 0 Å². The maximum absolute atomic E-state index is 13.0. The van der Waals surface area contributed by atoms with E-state index in [0.29, 0.717) is 0 Å². The summed E-state index contributed by atoms with van der Waals surface area (Å²) < 4.78 is 53.1. The molecule has 1 aromatic carbocycles. The topological polar surface area (TPSA) is 68.3 Å². The minimum absolute atomic E-state index is 0.00845. The zero-order valence-corrected chi connectivity index (χ0v) is 17.9. The van der Waals surface area contributed by atoms with Crippen molar-refractivity contribution in [2.24, 2.45) is 0 Å². The molecule has 7 nitrogen and oxygen atoms in total. The molecule has 0 radical (unpaired) electrons. The number of alkyl halides is 3. The monoisotopic (exact) mass is 452 g/mol. The first-order valence-electron chi connectivity index (χ1n) is 9.30. The third-order valence-electron chi connectivity index (χ3n) is 4.01. The predicted octanol–water partition coefficient (Wildman–Crippen LogP) is 4.47. The van der Waals surface area contributed by atoms with E-state index < -0.39 is 29.8 Å². The van der Waals surface area contributed by atoms with Gasteiger partial charge < -0.3 is 24.0 Å². The lowest BCUT2D eigenvalue weighted by atomic mass is 10.1. The third-order valence-corrected chi connectivity index (χ3v) is 4.30. The zero-order chi connectivity index (χ0) is 22.7. The maximum Gasteiger partial charge on any atom is 0.573 e. The van der Waals surface area contributed by atoms with Crippen LogP contribution in [0.25, 0.3) is 0 Å². The lowest BCUT2D eigenvalue weighted by Crippen LogP contribution is -2.50. The molecule has 168 valence electrons. The number of carbonyl (C=O) groups excluding carboxylic acids is 2. The molecule has 30 heavy (non-hydrogen) atoms. The molecule has 0 aromatic heterocycles. The van der Waals surface area contributed by atoms with Gasteiger partial charge in [0.1, 0.15) is 5.60 Å². The fourth-order valence-corrected chi connectivity index (χ4v) is 3.18. The number of hydrogen-bond donors (Lipinski definition) is 0. The van der Waals surface area contributed by atoms with E-state index in [2.05, 4.69) is 4.74 Å². The number of anilines is 1. The number of benzene rings is 1. The predicted molar refractivity (Wildman–Crippen MR) is 104 cm³/mol. The first-order valence-corrected chi connectivity index (χ1v) is 9.68. The van der Waals surface area contributed by atoms with Crippen molar-refractivity contribution in [3.8, 4) is 5.75 Å². The number of rotatable bonds is 4. The Hall–Kier alpha value is -2.36. The normalized spacial score (nSPS) is 15.1. The van der Waals surface area contributed by atoms with E-state index in [9.17, 15) is 22.8 Å². The summed E-state index contributed by atoms with van der Waals surface area (Å²) in [4.78, 5) is 27.2. The van der Waals surface area contributed by atoms with Gasteiger partial charge in [-0.15, -0.1) is 13.2 Å². The van der Waals surface area contributed by atoms with Gasteiger partial charge in [0, 0.05) is 26.2 Å². The van der Waals surface area contributed by atoms with Gasteiger partial charge in [0.15, 0.2) is 5.75 Å². The molecule has 1 saturated heterocycles. The van der Waals surface area contributed by atoms with Gasteiger partial charge in [-0.25, -0.2) is 9.59 Å². The van der Waals surface area contributed by atoms with Crippen molar-refractivity contribution in [2.45, 2.75) is 39.7 Å². The number of halogens is 4. The van der Waals surface area contributed by atoms with Gasteiger partial charge in [0.05, 0.1) is 22.9 Å². The largest absolute Gasteiger partial charge is 0.573 e. The highest BCUT2D eigenvalue weighted by atomic mass is 35.5. The summed E-state index contributed by atoms with van der Waals surface area (Å²) in [6, 6.07) is 2.19. The molecule has 1 aliphatic rings. The summed E-state index contributed by atoms with van der Waals surface area (Å²) >= 11 is 6.23. The minimum atomic E-state index is -4.98. The Morgan fingerprint density at radius 1 is 1.10 bits per heavy atom. The van der Waals surface area contributed by atoms with E-state index in [4.69, 9.17) is 21.1 Å². The van der Waals surface area contributed by atoms with Gasteiger partial charge in [0.2, 0.25) is 0 Å². The Bertz CT molecular complexity index is 788. The molecule has 1 aromatic rings. The molecular weight excluding hydrogens is 429 g/mol. The van der Waals surface area contributed by atoms with E-state index in [1.807, 2.05) is 0 Å². The Kier molecular flexibility index (Phi) is 7.33. The van der Waals surface area contributed by atoms with Crippen molar-refractivity contribution in [3.63, 3.8) is 0 Å². The molecule has 0 atom stereocenters. The number of carbonyl (C=O) groups is 2. The SMILES string of the molecule is CCOC(=O)c1cc(Cl)c(N2CCN(C(=O)OC(C)(C)C)CC2)c(OC(F)(F)F)c1. The molecule has 0 spiro atoms. The standard InChI is InChI=1S/C19H24ClF3N2O5/c1-5-28-16(26)12-10-13(20)15(14(11-12)29-19(21,22)23)24-6-8-25(9-7-24)17(27)30-18(2,3)4/h10-11H,5-9H2,1-4H3. The molecule has 0 saturated carbocycles. The lowest BCUT2D eigenvalue weighted by Gasteiger charge is -2.37. The van der Waals surface area contributed by atoms with E-state index in [1.165, 1.54) is 11.0 Å². The van der Waals surface area contributed by atoms with Crippen molar-refractivity contribution in [3.05, 3.63) is 22.7 Å². The number of piperazine rings is 1. The van der Waals surface area contributed by atoms with Crippen LogP contribution in [0, 0.1) is 0 Å². The number of ether oxygens (including phenoxy) is 3. The Morgan fingerprint density at radius 3 is 2.20 bits per heavy atom. The highest BCUT2D eigenvalue weighted by Gasteiger charge is 2.35. The molecule has 1 aliphatic heterocycles. The van der Waals surface area contributed by atoms with Crippen LogP contribution < -0.4 is 9.64 Å². The van der Waals surface area contributed by atoms with Crippen LogP contribution >= 0.6 is 11.6 Å². The minimum Gasteiger partial charge on any atom is -0.462 e. The highest BCUT2D eigenvalue weighted by Crippen LogP contribution is 2.40. The summed E-state index contributed by atoms with van der Waals surface area (Å²) in [5, 5.41) is -0.0921. The average Bonchev–Trinajstić information content (AvgIpc) is 2.59. The lowest BCUT2D eigenvalue weighted by molar-refractivity contribution is -0.274. The molecule has 1 heterocycles. The number of amides is 1. The van der Waals surface area contributed by atoms with Crippen molar-refractivity contribution in [2.75, 3.05) is 37.7 Å². The molecule has 0 unspecified atom stereocenters. The molecule has 0 bridgehead atoms.